The average Bonchev–Trinajstić information content (AvgIpc) is 3.06. The molecule has 35 heavy (non-hydrogen) atoms. The minimum absolute atomic E-state index is 0.156. The third-order valence-electron chi connectivity index (χ3n) is 6.17. The Balaban J connectivity index is 1.53. The van der Waals surface area contributed by atoms with Gasteiger partial charge in [0.2, 0.25) is 5.91 Å². The van der Waals surface area contributed by atoms with Crippen molar-refractivity contribution in [3.05, 3.63) is 63.5 Å². The van der Waals surface area contributed by atoms with Crippen LogP contribution in [0, 0.1) is 0 Å². The molecule has 0 saturated carbocycles. The number of nitrogens with one attached hydrogen (secondary N) is 1. The third kappa shape index (κ3) is 4.94. The lowest BCUT2D eigenvalue weighted by molar-refractivity contribution is -0.127. The Morgan fingerprint density at radius 3 is 2.54 bits per heavy atom. The van der Waals surface area contributed by atoms with E-state index in [1.54, 1.807) is 37.5 Å². The highest BCUT2D eigenvalue weighted by Gasteiger charge is 2.37. The van der Waals surface area contributed by atoms with E-state index in [1.165, 1.54) is 0 Å². The summed E-state index contributed by atoms with van der Waals surface area (Å²) in [5.74, 6) is -0.345. The molecular weight excluding hydrogens is 486 g/mol. The number of carbonyl (C=O) groups excluding carboxylic acids is 3. The maximum Gasteiger partial charge on any atom is 0.294 e. The van der Waals surface area contributed by atoms with Crippen molar-refractivity contribution >= 4 is 63.4 Å². The number of likely N-dealkylation sites (N-methyl/N-ethyl adjacent to an activating group) is 1. The van der Waals surface area contributed by atoms with E-state index in [0.717, 1.165) is 33.5 Å². The summed E-state index contributed by atoms with van der Waals surface area (Å²) in [7, 11) is 3.56. The van der Waals surface area contributed by atoms with Crippen molar-refractivity contribution in [2.45, 2.75) is 26.3 Å². The van der Waals surface area contributed by atoms with E-state index in [1.807, 2.05) is 26.1 Å². The number of hydrogen-bond donors (Lipinski definition) is 1. The molecule has 9 heteroatoms. The van der Waals surface area contributed by atoms with Crippen LogP contribution in [0.4, 0.5) is 16.2 Å². The number of hydrogen-bond acceptors (Lipinski definition) is 6. The van der Waals surface area contributed by atoms with Crippen LogP contribution in [0.2, 0.25) is 5.02 Å². The van der Waals surface area contributed by atoms with Gasteiger partial charge in [-0.3, -0.25) is 19.3 Å². The van der Waals surface area contributed by atoms with E-state index in [2.05, 4.69) is 30.1 Å². The first-order valence-electron chi connectivity index (χ1n) is 11.0. The highest BCUT2D eigenvalue weighted by Crippen LogP contribution is 2.42. The lowest BCUT2D eigenvalue weighted by atomic mass is 9.88. The van der Waals surface area contributed by atoms with Crippen LogP contribution in [0.1, 0.15) is 31.9 Å². The molecule has 0 atom stereocenters. The molecule has 0 radical (unpaired) electrons. The maximum atomic E-state index is 13.0. The van der Waals surface area contributed by atoms with Crippen molar-refractivity contribution in [1.29, 1.82) is 0 Å². The molecule has 0 spiro atoms. The Hall–Kier alpha value is -3.23. The molecule has 1 fully saturated rings. The fraction of sp³-hybridized carbons (Fsp3) is 0.269. The first-order valence-corrected chi connectivity index (χ1v) is 12.2. The summed E-state index contributed by atoms with van der Waals surface area (Å²) in [6.07, 6.45) is 3.80. The predicted molar refractivity (Wildman–Crippen MR) is 142 cm³/mol. The number of fused-ring (bicyclic) bond motifs is 1. The Kier molecular flexibility index (Phi) is 6.71. The molecular formula is C26H26ClN3O4S. The van der Waals surface area contributed by atoms with Gasteiger partial charge in [-0.05, 0) is 86.1 Å². The molecule has 2 aromatic carbocycles. The van der Waals surface area contributed by atoms with Crippen LogP contribution in [0.15, 0.2) is 47.4 Å². The molecule has 2 aliphatic rings. The van der Waals surface area contributed by atoms with Gasteiger partial charge in [0.15, 0.2) is 0 Å². The number of anilines is 2. The number of amides is 3. The van der Waals surface area contributed by atoms with Gasteiger partial charge in [-0.1, -0.05) is 17.7 Å². The minimum Gasteiger partial charge on any atom is -0.497 e. The molecule has 0 aliphatic carbocycles. The number of benzene rings is 2. The SMILES string of the molecule is COc1ccc(NC(=O)CN2C(=O)S/C(=C\c3cc4c(cc3Cl)N(C)C(C)(C)C=C4C)C2=O)cc1. The summed E-state index contributed by atoms with van der Waals surface area (Å²) in [5, 5.41) is 2.66. The molecule has 0 unspecified atom stereocenters. The van der Waals surface area contributed by atoms with E-state index >= 15 is 0 Å². The topological polar surface area (TPSA) is 79.0 Å². The van der Waals surface area contributed by atoms with E-state index in [4.69, 9.17) is 16.3 Å². The second-order valence-electron chi connectivity index (χ2n) is 8.98. The summed E-state index contributed by atoms with van der Waals surface area (Å²) < 4.78 is 5.10. The van der Waals surface area contributed by atoms with Crippen LogP contribution >= 0.6 is 23.4 Å². The summed E-state index contributed by atoms with van der Waals surface area (Å²) in [4.78, 5) is 41.2. The van der Waals surface area contributed by atoms with Gasteiger partial charge in [-0.15, -0.1) is 0 Å². The minimum atomic E-state index is -0.524. The second kappa shape index (κ2) is 9.43. The number of allylic oxidation sites excluding steroid dienone is 1. The fourth-order valence-electron chi connectivity index (χ4n) is 4.09. The second-order valence-corrected chi connectivity index (χ2v) is 10.4. The number of halogens is 1. The van der Waals surface area contributed by atoms with Crippen LogP contribution in [0.25, 0.3) is 11.6 Å². The lowest BCUT2D eigenvalue weighted by Gasteiger charge is -2.40. The maximum absolute atomic E-state index is 13.0. The average molecular weight is 512 g/mol. The van der Waals surface area contributed by atoms with Gasteiger partial charge < -0.3 is 15.0 Å². The van der Waals surface area contributed by atoms with Crippen molar-refractivity contribution < 1.29 is 19.1 Å². The molecule has 182 valence electrons. The number of nitrogens with zero attached hydrogens (tertiary/aromatic N) is 2. The van der Waals surface area contributed by atoms with Crippen molar-refractivity contribution in [1.82, 2.24) is 4.90 Å². The standard InChI is InChI=1S/C26H26ClN3O4S/c1-15-13-26(2,3)29(4)21-12-20(27)16(10-19(15)21)11-22-24(32)30(25(33)35-22)14-23(31)28-17-6-8-18(34-5)9-7-17/h6-13H,14H2,1-5H3,(H,28,31)/b22-11-. The lowest BCUT2D eigenvalue weighted by Crippen LogP contribution is -2.42. The number of methoxy groups -OCH3 is 1. The molecule has 2 aromatic rings. The van der Waals surface area contributed by atoms with E-state index in [-0.39, 0.29) is 17.0 Å². The summed E-state index contributed by atoms with van der Waals surface area (Å²) in [6, 6.07) is 10.6. The first kappa shape index (κ1) is 24.9. The zero-order valence-electron chi connectivity index (χ0n) is 20.1. The van der Waals surface area contributed by atoms with Gasteiger partial charge in [0.1, 0.15) is 12.3 Å². The quantitative estimate of drug-likeness (QED) is 0.522. The van der Waals surface area contributed by atoms with Gasteiger partial charge in [-0.25, -0.2) is 0 Å². The van der Waals surface area contributed by atoms with E-state index in [0.29, 0.717) is 22.0 Å². The van der Waals surface area contributed by atoms with Gasteiger partial charge in [0, 0.05) is 29.0 Å². The molecule has 1 N–H and O–H groups in total. The molecule has 4 rings (SSSR count). The Morgan fingerprint density at radius 1 is 1.20 bits per heavy atom. The van der Waals surface area contributed by atoms with Crippen molar-refractivity contribution in [2.75, 3.05) is 30.9 Å². The zero-order valence-corrected chi connectivity index (χ0v) is 21.7. The molecule has 2 aliphatic heterocycles. The summed E-state index contributed by atoms with van der Waals surface area (Å²) in [6.45, 7) is 5.92. The smallest absolute Gasteiger partial charge is 0.294 e. The van der Waals surface area contributed by atoms with Crippen LogP contribution in [-0.4, -0.2) is 48.2 Å². The van der Waals surface area contributed by atoms with Gasteiger partial charge in [0.25, 0.3) is 11.1 Å². The molecule has 7 nitrogen and oxygen atoms in total. The normalized spacial score (nSPS) is 18.0. The summed E-state index contributed by atoms with van der Waals surface area (Å²) >= 11 is 7.37. The number of imide groups is 1. The van der Waals surface area contributed by atoms with Crippen molar-refractivity contribution in [2.24, 2.45) is 0 Å². The highest BCUT2D eigenvalue weighted by molar-refractivity contribution is 8.18. The van der Waals surface area contributed by atoms with Crippen LogP contribution < -0.4 is 15.0 Å². The molecule has 0 aromatic heterocycles. The molecule has 1 saturated heterocycles. The van der Waals surface area contributed by atoms with E-state index < -0.39 is 17.1 Å². The number of ether oxygens (including phenoxy) is 1. The largest absolute Gasteiger partial charge is 0.497 e. The van der Waals surface area contributed by atoms with Crippen molar-refractivity contribution in [3.63, 3.8) is 0 Å². The van der Waals surface area contributed by atoms with Gasteiger partial charge in [-0.2, -0.15) is 0 Å². The first-order chi connectivity index (χ1) is 16.5. The molecule has 3 amide bonds. The Morgan fingerprint density at radius 2 is 1.89 bits per heavy atom. The Labute approximate surface area is 213 Å². The number of carbonyl (C=O) groups is 3. The fourth-order valence-corrected chi connectivity index (χ4v) is 5.14. The number of thioether (sulfide) groups is 1. The van der Waals surface area contributed by atoms with E-state index in [9.17, 15) is 14.4 Å². The van der Waals surface area contributed by atoms with Gasteiger partial charge in [0.05, 0.1) is 17.6 Å². The summed E-state index contributed by atoms with van der Waals surface area (Å²) in [5.41, 5.74) is 4.14. The highest BCUT2D eigenvalue weighted by atomic mass is 35.5. The third-order valence-corrected chi connectivity index (χ3v) is 7.41. The number of rotatable bonds is 5. The monoisotopic (exact) mass is 511 g/mol. The van der Waals surface area contributed by atoms with Crippen molar-refractivity contribution in [3.8, 4) is 5.75 Å². The van der Waals surface area contributed by atoms with Crippen LogP contribution in [0.3, 0.4) is 0 Å². The van der Waals surface area contributed by atoms with Crippen LogP contribution in [0.5, 0.6) is 5.75 Å². The molecule has 0 bridgehead atoms. The van der Waals surface area contributed by atoms with Crippen LogP contribution in [-0.2, 0) is 9.59 Å². The van der Waals surface area contributed by atoms with Gasteiger partial charge >= 0.3 is 0 Å². The predicted octanol–water partition coefficient (Wildman–Crippen LogP) is 5.66. The zero-order chi connectivity index (χ0) is 25.5. The Bertz CT molecular complexity index is 1280. The molecule has 2 heterocycles.